The van der Waals surface area contributed by atoms with Crippen LogP contribution in [0.5, 0.6) is 0 Å². The lowest BCUT2D eigenvalue weighted by Gasteiger charge is -2.43. The first-order valence-electron chi connectivity index (χ1n) is 11.4. The highest BCUT2D eigenvalue weighted by Crippen LogP contribution is 2.61. The maximum atomic E-state index is 14.7. The van der Waals surface area contributed by atoms with Gasteiger partial charge in [0.25, 0.3) is 7.37 Å². The Morgan fingerprint density at radius 3 is 2.09 bits per heavy atom. The third-order valence-corrected chi connectivity index (χ3v) is 8.78. The zero-order chi connectivity index (χ0) is 24.1. The van der Waals surface area contributed by atoms with Gasteiger partial charge < -0.3 is 28.2 Å². The molecule has 3 aliphatic heterocycles. The number of carbonyl (C=O) groups excluding carboxylic acids is 1. The van der Waals surface area contributed by atoms with Crippen molar-refractivity contribution in [3.05, 3.63) is 66.2 Å². The number of esters is 1. The molecule has 9 heteroatoms. The van der Waals surface area contributed by atoms with Crippen LogP contribution in [-0.2, 0) is 32.8 Å². The summed E-state index contributed by atoms with van der Waals surface area (Å²) in [5.74, 6) is -3.64. The summed E-state index contributed by atoms with van der Waals surface area (Å²) in [5.41, 5.74) is 0.341. The van der Waals surface area contributed by atoms with Crippen LogP contribution in [0.1, 0.15) is 38.1 Å². The topological polar surface area (TPSA) is 89.5 Å². The Balaban J connectivity index is 1.56. The van der Waals surface area contributed by atoms with E-state index in [0.29, 0.717) is 10.9 Å². The summed E-state index contributed by atoms with van der Waals surface area (Å²) in [5, 5.41) is 0.427. The van der Waals surface area contributed by atoms with Crippen molar-refractivity contribution >= 4 is 18.6 Å². The van der Waals surface area contributed by atoms with Gasteiger partial charge in [-0.15, -0.1) is 0 Å². The van der Waals surface area contributed by atoms with Crippen LogP contribution in [0.25, 0.3) is 0 Å². The minimum atomic E-state index is -3.81. The van der Waals surface area contributed by atoms with Gasteiger partial charge in [-0.2, -0.15) is 0 Å². The average molecular weight is 488 g/mol. The number of hydrogen-bond acceptors (Lipinski definition) is 8. The van der Waals surface area contributed by atoms with E-state index in [0.717, 1.165) is 0 Å². The van der Waals surface area contributed by atoms with Gasteiger partial charge >= 0.3 is 5.97 Å². The van der Waals surface area contributed by atoms with Gasteiger partial charge in [0.05, 0.1) is 12.2 Å². The zero-order valence-electron chi connectivity index (χ0n) is 19.6. The number of fused-ring (bicyclic) bond motifs is 1. The van der Waals surface area contributed by atoms with Crippen LogP contribution >= 0.6 is 7.37 Å². The van der Waals surface area contributed by atoms with E-state index in [1.165, 1.54) is 0 Å². The molecular weight excluding hydrogens is 459 g/mol. The molecule has 1 unspecified atom stereocenters. The first-order valence-corrected chi connectivity index (χ1v) is 13.0. The van der Waals surface area contributed by atoms with Crippen LogP contribution in [0.2, 0.25) is 0 Å². The average Bonchev–Trinajstić information content (AvgIpc) is 3.34. The maximum Gasteiger partial charge on any atom is 0.339 e. The molecule has 0 bridgehead atoms. The van der Waals surface area contributed by atoms with Gasteiger partial charge in [0.1, 0.15) is 24.4 Å². The summed E-state index contributed by atoms with van der Waals surface area (Å²) in [6, 6.07) is 17.3. The van der Waals surface area contributed by atoms with Crippen LogP contribution in [0.3, 0.4) is 0 Å². The van der Waals surface area contributed by atoms with Crippen LogP contribution in [0.15, 0.2) is 60.7 Å². The minimum Gasteiger partial charge on any atom is -0.445 e. The predicted molar refractivity (Wildman–Crippen MR) is 123 cm³/mol. The highest BCUT2D eigenvalue weighted by molar-refractivity contribution is 7.67. The lowest BCUT2D eigenvalue weighted by atomic mass is 10.0. The monoisotopic (exact) mass is 488 g/mol. The molecule has 8 nitrogen and oxygen atoms in total. The largest absolute Gasteiger partial charge is 0.445 e. The van der Waals surface area contributed by atoms with Gasteiger partial charge in [-0.3, -0.25) is 4.57 Å². The Morgan fingerprint density at radius 2 is 1.47 bits per heavy atom. The molecule has 0 N–H and O–H groups in total. The Kier molecular flexibility index (Phi) is 5.96. The summed E-state index contributed by atoms with van der Waals surface area (Å²) >= 11 is 0. The van der Waals surface area contributed by atoms with Crippen molar-refractivity contribution in [2.75, 3.05) is 6.61 Å². The molecule has 0 aliphatic carbocycles. The zero-order valence-corrected chi connectivity index (χ0v) is 20.5. The molecule has 0 radical (unpaired) electrons. The SMILES string of the molecule is CC1(C)OC[C@H](C2O[P@](=O)(c3ccccc3)[C@@H](OC(=O)c3ccccc3)[C@H]3OC(C)(C)O[C@@H]23)O1. The Hall–Kier alpha value is -2.06. The molecule has 0 spiro atoms. The molecule has 0 amide bonds. The highest BCUT2D eigenvalue weighted by atomic mass is 31.2. The molecule has 2 aromatic rings. The second-order valence-electron chi connectivity index (χ2n) is 9.60. The first-order chi connectivity index (χ1) is 16.1. The van der Waals surface area contributed by atoms with Gasteiger partial charge in [0, 0.05) is 5.30 Å². The highest BCUT2D eigenvalue weighted by Gasteiger charge is 2.64. The van der Waals surface area contributed by atoms with E-state index >= 15 is 0 Å². The fraction of sp³-hybridized carbons (Fsp3) is 0.480. The second kappa shape index (κ2) is 8.55. The van der Waals surface area contributed by atoms with Gasteiger partial charge in [-0.05, 0) is 52.0 Å². The molecule has 182 valence electrons. The molecule has 0 aromatic heterocycles. The van der Waals surface area contributed by atoms with E-state index in [9.17, 15) is 9.36 Å². The van der Waals surface area contributed by atoms with E-state index < -0.39 is 55.2 Å². The molecule has 3 aliphatic rings. The summed E-state index contributed by atoms with van der Waals surface area (Å²) in [6.45, 7) is 7.40. The van der Waals surface area contributed by atoms with Crippen LogP contribution in [-0.4, -0.2) is 54.4 Å². The van der Waals surface area contributed by atoms with Gasteiger partial charge in [0.2, 0.25) is 5.85 Å². The van der Waals surface area contributed by atoms with Crippen molar-refractivity contribution in [3.63, 3.8) is 0 Å². The molecule has 6 atom stereocenters. The van der Waals surface area contributed by atoms with Gasteiger partial charge in [-0.25, -0.2) is 4.79 Å². The van der Waals surface area contributed by atoms with E-state index in [-0.39, 0.29) is 6.61 Å². The molecule has 5 rings (SSSR count). The van der Waals surface area contributed by atoms with Crippen molar-refractivity contribution in [2.45, 2.75) is 69.5 Å². The molecule has 2 aromatic carbocycles. The Labute approximate surface area is 198 Å². The molecular formula is C25H29O8P. The normalized spacial score (nSPS) is 36.1. The van der Waals surface area contributed by atoms with Crippen molar-refractivity contribution < 1.29 is 37.6 Å². The van der Waals surface area contributed by atoms with Crippen molar-refractivity contribution in [1.82, 2.24) is 0 Å². The van der Waals surface area contributed by atoms with E-state index in [1.807, 2.05) is 19.9 Å². The fourth-order valence-corrected chi connectivity index (χ4v) is 7.27. The summed E-state index contributed by atoms with van der Waals surface area (Å²) < 4.78 is 51.2. The predicted octanol–water partition coefficient (Wildman–Crippen LogP) is 3.84. The van der Waals surface area contributed by atoms with Crippen LogP contribution < -0.4 is 5.30 Å². The molecule has 0 saturated carbocycles. The summed E-state index contributed by atoms with van der Waals surface area (Å²) in [7, 11) is -3.81. The fourth-order valence-electron chi connectivity index (χ4n) is 4.67. The first kappa shape index (κ1) is 23.7. The number of ether oxygens (including phenoxy) is 5. The molecule has 3 fully saturated rings. The van der Waals surface area contributed by atoms with E-state index in [4.69, 9.17) is 28.2 Å². The second-order valence-corrected chi connectivity index (χ2v) is 12.0. The summed E-state index contributed by atoms with van der Waals surface area (Å²) in [6.07, 6.45) is -2.81. The van der Waals surface area contributed by atoms with Crippen LogP contribution in [0, 0.1) is 0 Å². The smallest absolute Gasteiger partial charge is 0.339 e. The number of carbonyl (C=O) groups is 1. The van der Waals surface area contributed by atoms with Crippen LogP contribution in [0.4, 0.5) is 0 Å². The summed E-state index contributed by atoms with van der Waals surface area (Å²) in [4.78, 5) is 13.1. The number of rotatable bonds is 4. The van der Waals surface area contributed by atoms with Gasteiger partial charge in [-0.1, -0.05) is 36.4 Å². The number of benzene rings is 2. The van der Waals surface area contributed by atoms with E-state index in [2.05, 4.69) is 0 Å². The quantitative estimate of drug-likeness (QED) is 0.474. The molecule has 34 heavy (non-hydrogen) atoms. The van der Waals surface area contributed by atoms with E-state index in [1.54, 1.807) is 68.4 Å². The third-order valence-electron chi connectivity index (χ3n) is 6.13. The Morgan fingerprint density at radius 1 is 0.853 bits per heavy atom. The van der Waals surface area contributed by atoms with Crippen molar-refractivity contribution in [3.8, 4) is 0 Å². The lowest BCUT2D eigenvalue weighted by Crippen LogP contribution is -2.56. The van der Waals surface area contributed by atoms with Gasteiger partial charge in [0.15, 0.2) is 11.6 Å². The lowest BCUT2D eigenvalue weighted by molar-refractivity contribution is -0.174. The molecule has 3 saturated heterocycles. The third kappa shape index (κ3) is 4.35. The maximum absolute atomic E-state index is 14.7. The molecule has 3 heterocycles. The number of hydrogen-bond donors (Lipinski definition) is 0. The minimum absolute atomic E-state index is 0.244. The Bertz CT molecular complexity index is 1090. The van der Waals surface area contributed by atoms with Crippen molar-refractivity contribution in [1.29, 1.82) is 0 Å². The van der Waals surface area contributed by atoms with Crippen molar-refractivity contribution in [2.24, 2.45) is 0 Å². The standard InChI is InChI=1S/C25H29O8P/c1-24(2)28-15-18(30-24)19-20-21(32-25(3,4)31-20)23(29-22(26)16-11-7-5-8-12-16)34(27,33-19)17-13-9-6-10-14-17/h5-14,18-21,23H,15H2,1-4H3/t18-,19?,20+,21+,23-,34-/m1/s1.